The number of carbonyl (C=O) groups is 1. The maximum Gasteiger partial charge on any atom is 0.223 e. The summed E-state index contributed by atoms with van der Waals surface area (Å²) in [5.74, 6) is 2.72. The molecule has 1 atom stereocenters. The van der Waals surface area contributed by atoms with Gasteiger partial charge in [-0.2, -0.15) is 11.8 Å². The minimum Gasteiger partial charge on any atom is -0.356 e. The van der Waals surface area contributed by atoms with Crippen molar-refractivity contribution in [2.45, 2.75) is 19.3 Å². The summed E-state index contributed by atoms with van der Waals surface area (Å²) in [5.41, 5.74) is 0. The summed E-state index contributed by atoms with van der Waals surface area (Å²) in [6.45, 7) is 0.839. The molecule has 0 aromatic carbocycles. The van der Waals surface area contributed by atoms with Gasteiger partial charge in [0.1, 0.15) is 0 Å². The summed E-state index contributed by atoms with van der Waals surface area (Å²) in [6, 6.07) is 0. The van der Waals surface area contributed by atoms with Gasteiger partial charge in [0, 0.05) is 23.5 Å². The van der Waals surface area contributed by atoms with Gasteiger partial charge in [-0.3, -0.25) is 4.79 Å². The Kier molecular flexibility index (Phi) is 5.87. The Morgan fingerprint density at radius 3 is 3.00 bits per heavy atom. The molecule has 1 aliphatic rings. The van der Waals surface area contributed by atoms with E-state index >= 15 is 0 Å². The van der Waals surface area contributed by atoms with E-state index in [9.17, 15) is 4.79 Å². The van der Waals surface area contributed by atoms with Gasteiger partial charge in [-0.05, 0) is 25.0 Å². The molecule has 1 rings (SSSR count). The second kappa shape index (κ2) is 6.71. The molecule has 0 aromatic heterocycles. The van der Waals surface area contributed by atoms with E-state index in [4.69, 9.17) is 0 Å². The summed E-state index contributed by atoms with van der Waals surface area (Å²) in [7, 11) is 0. The Bertz CT molecular complexity index is 160. The zero-order valence-corrected chi connectivity index (χ0v) is 10.1. The van der Waals surface area contributed by atoms with Gasteiger partial charge in [-0.1, -0.05) is 15.9 Å². The van der Waals surface area contributed by atoms with Crippen LogP contribution in [-0.4, -0.2) is 29.3 Å². The second-order valence-electron chi connectivity index (χ2n) is 3.25. The number of hydrogen-bond acceptors (Lipinski definition) is 2. The van der Waals surface area contributed by atoms with E-state index in [0.29, 0.717) is 0 Å². The van der Waals surface area contributed by atoms with Crippen molar-refractivity contribution in [3.63, 3.8) is 0 Å². The van der Waals surface area contributed by atoms with Crippen LogP contribution in [-0.2, 0) is 4.79 Å². The number of rotatable bonds is 5. The van der Waals surface area contributed by atoms with Crippen LogP contribution in [0.3, 0.4) is 0 Å². The lowest BCUT2D eigenvalue weighted by atomic mass is 10.1. The van der Waals surface area contributed by atoms with Crippen LogP contribution in [0.2, 0.25) is 0 Å². The van der Waals surface area contributed by atoms with Gasteiger partial charge in [0.05, 0.1) is 0 Å². The fourth-order valence-electron chi connectivity index (χ4n) is 1.32. The Hall–Kier alpha value is 0.300. The summed E-state index contributed by atoms with van der Waals surface area (Å²) < 4.78 is 0. The summed E-state index contributed by atoms with van der Waals surface area (Å²) in [5, 5.41) is 4.02. The average Bonchev–Trinajstić information content (AvgIpc) is 2.65. The Balaban J connectivity index is 2.03. The molecule has 1 saturated heterocycles. The lowest BCUT2D eigenvalue weighted by Crippen LogP contribution is -2.31. The van der Waals surface area contributed by atoms with Crippen molar-refractivity contribution in [1.29, 1.82) is 0 Å². The standard InChI is InChI=1S/C9H16BrNOS/c10-4-1-2-5-11-9(12)8-3-6-13-7-8/h8H,1-7H2,(H,11,12). The second-order valence-corrected chi connectivity index (χ2v) is 5.19. The average molecular weight is 266 g/mol. The first-order chi connectivity index (χ1) is 6.34. The van der Waals surface area contributed by atoms with Crippen LogP contribution in [0.4, 0.5) is 0 Å². The van der Waals surface area contributed by atoms with Crippen molar-refractivity contribution >= 4 is 33.6 Å². The number of amides is 1. The molecule has 2 nitrogen and oxygen atoms in total. The third-order valence-corrected chi connectivity index (χ3v) is 3.88. The molecule has 1 amide bonds. The lowest BCUT2D eigenvalue weighted by Gasteiger charge is -2.08. The number of thioether (sulfide) groups is 1. The SMILES string of the molecule is O=C(NCCCCBr)C1CCSC1. The summed E-state index contributed by atoms with van der Waals surface area (Å²) >= 11 is 5.25. The highest BCUT2D eigenvalue weighted by Crippen LogP contribution is 2.23. The van der Waals surface area contributed by atoms with Gasteiger partial charge >= 0.3 is 0 Å². The fraction of sp³-hybridized carbons (Fsp3) is 0.889. The van der Waals surface area contributed by atoms with Gasteiger partial charge in [0.25, 0.3) is 0 Å². The van der Waals surface area contributed by atoms with Crippen LogP contribution in [0.15, 0.2) is 0 Å². The molecular formula is C9H16BrNOS. The number of hydrogen-bond donors (Lipinski definition) is 1. The highest BCUT2D eigenvalue weighted by molar-refractivity contribution is 9.09. The molecule has 76 valence electrons. The monoisotopic (exact) mass is 265 g/mol. The quantitative estimate of drug-likeness (QED) is 0.609. The minimum absolute atomic E-state index is 0.263. The molecule has 4 heteroatoms. The normalized spacial score (nSPS) is 21.8. The van der Waals surface area contributed by atoms with E-state index in [-0.39, 0.29) is 11.8 Å². The van der Waals surface area contributed by atoms with Crippen LogP contribution in [0.5, 0.6) is 0 Å². The van der Waals surface area contributed by atoms with Crippen molar-refractivity contribution in [1.82, 2.24) is 5.32 Å². The van der Waals surface area contributed by atoms with Crippen molar-refractivity contribution < 1.29 is 4.79 Å². The predicted molar refractivity (Wildman–Crippen MR) is 61.5 cm³/mol. The van der Waals surface area contributed by atoms with Gasteiger partial charge in [-0.25, -0.2) is 0 Å². The van der Waals surface area contributed by atoms with Crippen LogP contribution in [0.1, 0.15) is 19.3 Å². The highest BCUT2D eigenvalue weighted by Gasteiger charge is 2.22. The first-order valence-corrected chi connectivity index (χ1v) is 7.03. The lowest BCUT2D eigenvalue weighted by molar-refractivity contribution is -0.124. The van der Waals surface area contributed by atoms with Gasteiger partial charge < -0.3 is 5.32 Å². The van der Waals surface area contributed by atoms with Crippen LogP contribution in [0.25, 0.3) is 0 Å². The first kappa shape index (κ1) is 11.4. The molecule has 1 N–H and O–H groups in total. The van der Waals surface area contributed by atoms with Gasteiger partial charge in [0.15, 0.2) is 0 Å². The molecule has 0 bridgehead atoms. The predicted octanol–water partition coefficient (Wildman–Crippen LogP) is 2.03. The van der Waals surface area contributed by atoms with Crippen molar-refractivity contribution in [3.05, 3.63) is 0 Å². The zero-order valence-electron chi connectivity index (χ0n) is 7.72. The number of nitrogens with one attached hydrogen (secondary N) is 1. The van der Waals surface area contributed by atoms with E-state index in [1.54, 1.807) is 0 Å². The summed E-state index contributed by atoms with van der Waals surface area (Å²) in [6.07, 6.45) is 3.28. The van der Waals surface area contributed by atoms with Gasteiger partial charge in [0.2, 0.25) is 5.91 Å². The molecular weight excluding hydrogens is 250 g/mol. The topological polar surface area (TPSA) is 29.1 Å². The van der Waals surface area contributed by atoms with E-state index in [0.717, 1.165) is 42.6 Å². The molecule has 13 heavy (non-hydrogen) atoms. The van der Waals surface area contributed by atoms with Crippen molar-refractivity contribution in [2.75, 3.05) is 23.4 Å². The molecule has 0 aromatic rings. The maximum absolute atomic E-state index is 11.5. The third kappa shape index (κ3) is 4.36. The smallest absolute Gasteiger partial charge is 0.223 e. The first-order valence-electron chi connectivity index (χ1n) is 4.76. The van der Waals surface area contributed by atoms with E-state index < -0.39 is 0 Å². The molecule has 0 radical (unpaired) electrons. The molecule has 1 aliphatic heterocycles. The maximum atomic E-state index is 11.5. The molecule has 0 saturated carbocycles. The number of alkyl halides is 1. The molecule has 1 fully saturated rings. The fourth-order valence-corrected chi connectivity index (χ4v) is 2.93. The van der Waals surface area contributed by atoms with Crippen LogP contribution < -0.4 is 5.32 Å². The Labute approximate surface area is 92.4 Å². The van der Waals surface area contributed by atoms with Crippen LogP contribution in [0, 0.1) is 5.92 Å². The minimum atomic E-state index is 0.263. The Morgan fingerprint density at radius 1 is 1.54 bits per heavy atom. The number of halogens is 1. The Morgan fingerprint density at radius 2 is 2.38 bits per heavy atom. The van der Waals surface area contributed by atoms with E-state index in [2.05, 4.69) is 21.2 Å². The number of carbonyl (C=O) groups excluding carboxylic acids is 1. The molecule has 0 aliphatic carbocycles. The third-order valence-electron chi connectivity index (χ3n) is 2.16. The summed E-state index contributed by atoms with van der Waals surface area (Å²) in [4.78, 5) is 11.5. The van der Waals surface area contributed by atoms with Crippen molar-refractivity contribution in [3.8, 4) is 0 Å². The highest BCUT2D eigenvalue weighted by atomic mass is 79.9. The van der Waals surface area contributed by atoms with E-state index in [1.807, 2.05) is 11.8 Å². The zero-order chi connectivity index (χ0) is 9.52. The molecule has 0 spiro atoms. The van der Waals surface area contributed by atoms with Crippen molar-refractivity contribution in [2.24, 2.45) is 5.92 Å². The van der Waals surface area contributed by atoms with Gasteiger partial charge in [-0.15, -0.1) is 0 Å². The largest absolute Gasteiger partial charge is 0.356 e. The number of unbranched alkanes of at least 4 members (excludes halogenated alkanes) is 1. The molecule has 1 heterocycles. The van der Waals surface area contributed by atoms with Crippen LogP contribution >= 0.6 is 27.7 Å². The van der Waals surface area contributed by atoms with E-state index in [1.165, 1.54) is 0 Å². The molecule has 1 unspecified atom stereocenters.